The molecule has 1 aromatic carbocycles. The maximum atomic E-state index is 13.2. The monoisotopic (exact) mass is 379 g/mol. The predicted molar refractivity (Wildman–Crippen MR) is 110 cm³/mol. The molecule has 2 amide bonds. The molecule has 0 saturated heterocycles. The Kier molecular flexibility index (Phi) is 6.18. The summed E-state index contributed by atoms with van der Waals surface area (Å²) in [5, 5.41) is 12.8. The molecular formula is C23H29N3O2. The lowest BCUT2D eigenvalue weighted by Crippen LogP contribution is -2.42. The van der Waals surface area contributed by atoms with E-state index in [1.807, 2.05) is 30.3 Å². The molecule has 5 nitrogen and oxygen atoms in total. The number of amides is 2. The molecule has 1 fully saturated rings. The lowest BCUT2D eigenvalue weighted by Gasteiger charge is -2.29. The number of nitriles is 1. The summed E-state index contributed by atoms with van der Waals surface area (Å²) in [6.45, 7) is 6.94. The van der Waals surface area contributed by atoms with Gasteiger partial charge in [-0.3, -0.25) is 9.59 Å². The highest BCUT2D eigenvalue weighted by atomic mass is 16.2. The number of carbonyl (C=O) groups excluding carboxylic acids is 2. The van der Waals surface area contributed by atoms with Crippen molar-refractivity contribution in [2.24, 2.45) is 11.8 Å². The number of anilines is 1. The van der Waals surface area contributed by atoms with Crippen LogP contribution in [0.4, 0.5) is 5.69 Å². The first-order chi connectivity index (χ1) is 13.4. The molecule has 0 aromatic heterocycles. The van der Waals surface area contributed by atoms with Crippen molar-refractivity contribution in [1.29, 1.82) is 5.26 Å². The van der Waals surface area contributed by atoms with Crippen LogP contribution in [0.1, 0.15) is 58.4 Å². The molecule has 2 aliphatic rings. The van der Waals surface area contributed by atoms with Crippen molar-refractivity contribution in [3.8, 4) is 6.07 Å². The summed E-state index contributed by atoms with van der Waals surface area (Å²) in [5.74, 6) is 0.173. The van der Waals surface area contributed by atoms with E-state index in [0.717, 1.165) is 31.4 Å². The average molecular weight is 380 g/mol. The van der Waals surface area contributed by atoms with Gasteiger partial charge in [-0.1, -0.05) is 51.8 Å². The Morgan fingerprint density at radius 2 is 2.00 bits per heavy atom. The van der Waals surface area contributed by atoms with Crippen LogP contribution in [0.3, 0.4) is 0 Å². The summed E-state index contributed by atoms with van der Waals surface area (Å²) in [5.41, 5.74) is 1.64. The minimum Gasteiger partial charge on any atom is -0.348 e. The van der Waals surface area contributed by atoms with Crippen molar-refractivity contribution >= 4 is 23.1 Å². The van der Waals surface area contributed by atoms with Crippen LogP contribution in [0.5, 0.6) is 0 Å². The minimum absolute atomic E-state index is 0.0639. The summed E-state index contributed by atoms with van der Waals surface area (Å²) >= 11 is 0. The van der Waals surface area contributed by atoms with Gasteiger partial charge >= 0.3 is 0 Å². The summed E-state index contributed by atoms with van der Waals surface area (Å²) < 4.78 is 0. The lowest BCUT2D eigenvalue weighted by molar-refractivity contribution is -0.119. The largest absolute Gasteiger partial charge is 0.348 e. The number of nitrogens with one attached hydrogen (secondary N) is 1. The normalized spacial score (nSPS) is 23.4. The molecule has 1 aliphatic heterocycles. The zero-order valence-corrected chi connectivity index (χ0v) is 17.0. The van der Waals surface area contributed by atoms with Gasteiger partial charge < -0.3 is 10.2 Å². The van der Waals surface area contributed by atoms with Gasteiger partial charge in [-0.25, -0.2) is 0 Å². The van der Waals surface area contributed by atoms with E-state index in [9.17, 15) is 14.9 Å². The van der Waals surface area contributed by atoms with Gasteiger partial charge in [0.1, 0.15) is 11.6 Å². The van der Waals surface area contributed by atoms with Crippen LogP contribution in [-0.2, 0) is 9.59 Å². The maximum Gasteiger partial charge on any atom is 0.263 e. The van der Waals surface area contributed by atoms with E-state index in [0.29, 0.717) is 23.9 Å². The van der Waals surface area contributed by atoms with Crippen LogP contribution in [0.25, 0.3) is 5.57 Å². The van der Waals surface area contributed by atoms with Crippen LogP contribution in [0.2, 0.25) is 0 Å². The third-order valence-electron chi connectivity index (χ3n) is 5.87. The van der Waals surface area contributed by atoms with E-state index in [1.54, 1.807) is 4.90 Å². The zero-order valence-electron chi connectivity index (χ0n) is 17.0. The van der Waals surface area contributed by atoms with Gasteiger partial charge in [-0.05, 0) is 37.2 Å². The maximum absolute atomic E-state index is 13.2. The quantitative estimate of drug-likeness (QED) is 0.619. The molecule has 0 spiro atoms. The van der Waals surface area contributed by atoms with E-state index < -0.39 is 5.91 Å². The number of hydrogen-bond acceptors (Lipinski definition) is 3. The molecule has 1 heterocycles. The Morgan fingerprint density at radius 3 is 2.68 bits per heavy atom. The summed E-state index contributed by atoms with van der Waals surface area (Å²) in [6, 6.07) is 9.52. The van der Waals surface area contributed by atoms with E-state index in [1.165, 1.54) is 6.42 Å². The molecule has 28 heavy (non-hydrogen) atoms. The fourth-order valence-electron chi connectivity index (χ4n) is 4.12. The number of rotatable bonds is 5. The van der Waals surface area contributed by atoms with Gasteiger partial charge in [0.25, 0.3) is 11.8 Å². The number of hydrogen-bond donors (Lipinski definition) is 1. The van der Waals surface area contributed by atoms with Gasteiger partial charge in [0.05, 0.1) is 11.3 Å². The Bertz CT molecular complexity index is 834. The second-order valence-corrected chi connectivity index (χ2v) is 8.36. The summed E-state index contributed by atoms with van der Waals surface area (Å²) in [4.78, 5) is 27.8. The van der Waals surface area contributed by atoms with Gasteiger partial charge in [-0.2, -0.15) is 5.26 Å². The fourth-order valence-corrected chi connectivity index (χ4v) is 4.12. The van der Waals surface area contributed by atoms with Crippen LogP contribution in [-0.4, -0.2) is 24.4 Å². The molecule has 0 radical (unpaired) electrons. The fraction of sp³-hybridized carbons (Fsp3) is 0.522. The molecular weight excluding hydrogens is 350 g/mol. The van der Waals surface area contributed by atoms with Gasteiger partial charge in [0.2, 0.25) is 0 Å². The van der Waals surface area contributed by atoms with E-state index in [2.05, 4.69) is 26.1 Å². The first-order valence-corrected chi connectivity index (χ1v) is 10.3. The molecule has 1 N–H and O–H groups in total. The highest BCUT2D eigenvalue weighted by Crippen LogP contribution is 2.38. The van der Waals surface area contributed by atoms with Gasteiger partial charge in [0.15, 0.2) is 0 Å². The molecule has 1 saturated carbocycles. The van der Waals surface area contributed by atoms with Crippen molar-refractivity contribution < 1.29 is 9.59 Å². The molecule has 0 bridgehead atoms. The summed E-state index contributed by atoms with van der Waals surface area (Å²) in [7, 11) is 0. The number of fused-ring (bicyclic) bond motifs is 1. The predicted octanol–water partition coefficient (Wildman–Crippen LogP) is 4.05. The van der Waals surface area contributed by atoms with Crippen LogP contribution in [0, 0.1) is 23.2 Å². The number of nitrogens with zero attached hydrogens (tertiary/aromatic N) is 2. The van der Waals surface area contributed by atoms with Crippen LogP contribution >= 0.6 is 0 Å². The Morgan fingerprint density at radius 1 is 1.29 bits per heavy atom. The highest BCUT2D eigenvalue weighted by Gasteiger charge is 2.36. The zero-order chi connectivity index (χ0) is 20.3. The van der Waals surface area contributed by atoms with Crippen molar-refractivity contribution in [2.45, 2.75) is 58.9 Å². The summed E-state index contributed by atoms with van der Waals surface area (Å²) in [6.07, 6.45) is 5.12. The Labute approximate surface area is 167 Å². The van der Waals surface area contributed by atoms with E-state index in [-0.39, 0.29) is 23.1 Å². The van der Waals surface area contributed by atoms with Crippen molar-refractivity contribution in [3.63, 3.8) is 0 Å². The lowest BCUT2D eigenvalue weighted by atomic mass is 9.85. The van der Waals surface area contributed by atoms with Crippen LogP contribution in [0.15, 0.2) is 29.8 Å². The highest BCUT2D eigenvalue weighted by molar-refractivity contribution is 6.37. The topological polar surface area (TPSA) is 73.2 Å². The molecule has 5 heteroatoms. The van der Waals surface area contributed by atoms with E-state index in [4.69, 9.17) is 0 Å². The molecule has 148 valence electrons. The first-order valence-electron chi connectivity index (χ1n) is 10.3. The van der Waals surface area contributed by atoms with E-state index >= 15 is 0 Å². The molecule has 2 atom stereocenters. The SMILES string of the molecule is CC(C)CCN1C(=O)C(=C(C#N)C(=O)NC2CCCCC2C)c2ccccc21. The van der Waals surface area contributed by atoms with Crippen molar-refractivity contribution in [3.05, 3.63) is 35.4 Å². The third-order valence-corrected chi connectivity index (χ3v) is 5.87. The third kappa shape index (κ3) is 3.96. The minimum atomic E-state index is -0.426. The second-order valence-electron chi connectivity index (χ2n) is 8.36. The number of para-hydroxylation sites is 1. The Balaban J connectivity index is 1.94. The average Bonchev–Trinajstić information content (AvgIpc) is 2.94. The van der Waals surface area contributed by atoms with Gasteiger partial charge in [0, 0.05) is 18.2 Å². The van der Waals surface area contributed by atoms with Crippen molar-refractivity contribution in [2.75, 3.05) is 11.4 Å². The Hall–Kier alpha value is -2.61. The molecule has 1 aromatic rings. The number of benzene rings is 1. The molecule has 1 aliphatic carbocycles. The van der Waals surface area contributed by atoms with Crippen LogP contribution < -0.4 is 10.2 Å². The smallest absolute Gasteiger partial charge is 0.263 e. The van der Waals surface area contributed by atoms with Crippen molar-refractivity contribution in [1.82, 2.24) is 5.32 Å². The van der Waals surface area contributed by atoms with Gasteiger partial charge in [-0.15, -0.1) is 0 Å². The standard InChI is InChI=1S/C23H29N3O2/c1-15(2)12-13-26-20-11-7-5-9-17(20)21(23(26)28)18(14-24)22(27)25-19-10-6-4-8-16(19)3/h5,7,9,11,15-16,19H,4,6,8,10,12-13H2,1-3H3,(H,25,27). The second kappa shape index (κ2) is 8.60. The molecule has 2 unspecified atom stereocenters. The first kappa shape index (κ1) is 20.1. The molecule has 3 rings (SSSR count). The number of carbonyl (C=O) groups is 2.